The van der Waals surface area contributed by atoms with Gasteiger partial charge in [0, 0.05) is 4.90 Å². The monoisotopic (exact) mass is 200 g/mol. The van der Waals surface area contributed by atoms with Crippen molar-refractivity contribution in [2.24, 2.45) is 0 Å². The first-order chi connectivity index (χ1) is 5.69. The molecule has 3 heteroatoms. The summed E-state index contributed by atoms with van der Waals surface area (Å²) in [6, 6.07) is 4.01. The maximum absolute atomic E-state index is 9.59. The van der Waals surface area contributed by atoms with Crippen LogP contribution in [0.3, 0.4) is 0 Å². The quantitative estimate of drug-likeness (QED) is 0.741. The largest absolute Gasteiger partial charge is 0.507 e. The molecule has 0 radical (unpaired) electrons. The molecule has 0 saturated heterocycles. The van der Waals surface area contributed by atoms with E-state index in [1.54, 1.807) is 23.5 Å². The summed E-state index contributed by atoms with van der Waals surface area (Å²) in [7, 11) is 0. The van der Waals surface area contributed by atoms with Crippen LogP contribution in [0.2, 0.25) is 0 Å². The molecule has 1 rings (SSSR count). The molecular weight excluding hydrogens is 188 g/mol. The van der Waals surface area contributed by atoms with Gasteiger partial charge in [0.15, 0.2) is 0 Å². The minimum Gasteiger partial charge on any atom is -0.507 e. The number of aryl methyl sites for hydroxylation is 1. The predicted octanol–water partition coefficient (Wildman–Crippen LogP) is 3.14. The molecule has 0 bridgehead atoms. The number of phenolic OH excluding ortho intramolecular Hbond substituents is 1. The van der Waals surface area contributed by atoms with Crippen molar-refractivity contribution in [2.75, 3.05) is 12.5 Å². The van der Waals surface area contributed by atoms with E-state index in [1.165, 1.54) is 4.90 Å². The maximum atomic E-state index is 9.59. The Morgan fingerprint density at radius 1 is 1.17 bits per heavy atom. The fourth-order valence-electron chi connectivity index (χ4n) is 0.989. The van der Waals surface area contributed by atoms with Crippen molar-refractivity contribution in [3.63, 3.8) is 0 Å². The van der Waals surface area contributed by atoms with Crippen LogP contribution in [0.1, 0.15) is 5.56 Å². The topological polar surface area (TPSA) is 20.2 Å². The number of hydrogen-bond acceptors (Lipinski definition) is 3. The number of rotatable bonds is 2. The minimum absolute atomic E-state index is 0.417. The summed E-state index contributed by atoms with van der Waals surface area (Å²) in [5, 5.41) is 9.59. The first-order valence-corrected chi connectivity index (χ1v) is 6.05. The Morgan fingerprint density at radius 2 is 1.83 bits per heavy atom. The molecule has 0 amide bonds. The van der Waals surface area contributed by atoms with Gasteiger partial charge in [-0.05, 0) is 37.1 Å². The third-order valence-corrected chi connectivity index (χ3v) is 3.15. The van der Waals surface area contributed by atoms with E-state index in [9.17, 15) is 5.11 Å². The fraction of sp³-hybridized carbons (Fsp3) is 0.333. The van der Waals surface area contributed by atoms with Gasteiger partial charge in [0.25, 0.3) is 0 Å². The van der Waals surface area contributed by atoms with E-state index in [0.29, 0.717) is 5.75 Å². The van der Waals surface area contributed by atoms with E-state index in [-0.39, 0.29) is 0 Å². The Morgan fingerprint density at radius 3 is 2.33 bits per heavy atom. The average Bonchev–Trinajstić information content (AvgIpc) is 2.09. The predicted molar refractivity (Wildman–Crippen MR) is 56.4 cm³/mol. The Bertz CT molecular complexity index is 284. The summed E-state index contributed by atoms with van der Waals surface area (Å²) in [5.41, 5.74) is 0.950. The van der Waals surface area contributed by atoms with Crippen LogP contribution < -0.4 is 0 Å². The van der Waals surface area contributed by atoms with Crippen molar-refractivity contribution in [2.45, 2.75) is 16.7 Å². The van der Waals surface area contributed by atoms with Crippen LogP contribution >= 0.6 is 23.5 Å². The number of phenols is 1. The zero-order chi connectivity index (χ0) is 9.14. The summed E-state index contributed by atoms with van der Waals surface area (Å²) in [5.74, 6) is 0.417. The van der Waals surface area contributed by atoms with Gasteiger partial charge in [-0.3, -0.25) is 0 Å². The van der Waals surface area contributed by atoms with Gasteiger partial charge in [0.05, 0.1) is 4.90 Å². The van der Waals surface area contributed by atoms with Gasteiger partial charge in [0.1, 0.15) is 5.75 Å². The van der Waals surface area contributed by atoms with Crippen molar-refractivity contribution >= 4 is 23.5 Å². The third-order valence-electron chi connectivity index (χ3n) is 1.69. The fourth-order valence-corrected chi connectivity index (χ4v) is 2.19. The molecule has 0 atom stereocenters. The van der Waals surface area contributed by atoms with Gasteiger partial charge in [-0.15, -0.1) is 23.5 Å². The van der Waals surface area contributed by atoms with Crippen LogP contribution in [-0.2, 0) is 0 Å². The van der Waals surface area contributed by atoms with Crippen molar-refractivity contribution < 1.29 is 5.11 Å². The van der Waals surface area contributed by atoms with Gasteiger partial charge < -0.3 is 5.11 Å². The molecule has 0 aliphatic heterocycles. The van der Waals surface area contributed by atoms with Crippen molar-refractivity contribution in [1.29, 1.82) is 0 Å². The van der Waals surface area contributed by atoms with E-state index in [1.807, 2.05) is 31.6 Å². The molecule has 0 fully saturated rings. The van der Waals surface area contributed by atoms with Gasteiger partial charge in [-0.1, -0.05) is 0 Å². The summed E-state index contributed by atoms with van der Waals surface area (Å²) in [6.07, 6.45) is 4.01. The number of hydrogen-bond donors (Lipinski definition) is 1. The molecule has 0 saturated carbocycles. The van der Waals surface area contributed by atoms with Crippen LogP contribution in [0.15, 0.2) is 21.9 Å². The Balaban J connectivity index is 3.19. The van der Waals surface area contributed by atoms with Gasteiger partial charge in [-0.2, -0.15) is 0 Å². The molecule has 0 unspecified atom stereocenters. The highest BCUT2D eigenvalue weighted by atomic mass is 32.2. The number of benzene rings is 1. The molecule has 0 aromatic heterocycles. The van der Waals surface area contributed by atoms with E-state index >= 15 is 0 Å². The highest BCUT2D eigenvalue weighted by molar-refractivity contribution is 7.99. The Hall–Kier alpha value is -0.280. The summed E-state index contributed by atoms with van der Waals surface area (Å²) < 4.78 is 0. The molecule has 0 aliphatic rings. The normalized spacial score (nSPS) is 10.2. The average molecular weight is 200 g/mol. The minimum atomic E-state index is 0.417. The molecule has 1 aromatic carbocycles. The number of aromatic hydroxyl groups is 1. The SMILES string of the molecule is CSc1cc(C)c(O)c(SC)c1. The summed E-state index contributed by atoms with van der Waals surface area (Å²) >= 11 is 3.27. The number of thioether (sulfide) groups is 2. The molecule has 0 aliphatic carbocycles. The van der Waals surface area contributed by atoms with Gasteiger partial charge in [0.2, 0.25) is 0 Å². The summed E-state index contributed by atoms with van der Waals surface area (Å²) in [4.78, 5) is 2.16. The van der Waals surface area contributed by atoms with Crippen LogP contribution in [-0.4, -0.2) is 17.6 Å². The Labute approximate surface area is 81.6 Å². The second-order valence-electron chi connectivity index (χ2n) is 2.50. The molecular formula is C9H12OS2. The molecule has 66 valence electrons. The lowest BCUT2D eigenvalue weighted by molar-refractivity contribution is 0.457. The molecule has 0 heterocycles. The lowest BCUT2D eigenvalue weighted by Gasteiger charge is -2.06. The van der Waals surface area contributed by atoms with Crippen LogP contribution in [0, 0.1) is 6.92 Å². The second kappa shape index (κ2) is 4.10. The molecule has 12 heavy (non-hydrogen) atoms. The zero-order valence-electron chi connectivity index (χ0n) is 7.42. The lowest BCUT2D eigenvalue weighted by Crippen LogP contribution is -1.80. The van der Waals surface area contributed by atoms with Crippen LogP contribution in [0.5, 0.6) is 5.75 Å². The molecule has 1 N–H and O–H groups in total. The first-order valence-electron chi connectivity index (χ1n) is 3.60. The Kier molecular flexibility index (Phi) is 3.35. The molecule has 1 nitrogen and oxygen atoms in total. The van der Waals surface area contributed by atoms with Crippen LogP contribution in [0.4, 0.5) is 0 Å². The second-order valence-corrected chi connectivity index (χ2v) is 4.22. The highest BCUT2D eigenvalue weighted by Crippen LogP contribution is 2.33. The molecule has 0 spiro atoms. The smallest absolute Gasteiger partial charge is 0.132 e. The standard InChI is InChI=1S/C9H12OS2/c1-6-4-7(11-2)5-8(12-3)9(6)10/h4-5,10H,1-3H3. The van der Waals surface area contributed by atoms with E-state index in [2.05, 4.69) is 0 Å². The van der Waals surface area contributed by atoms with Crippen molar-refractivity contribution in [3.05, 3.63) is 17.7 Å². The van der Waals surface area contributed by atoms with E-state index < -0.39 is 0 Å². The molecule has 1 aromatic rings. The third kappa shape index (κ3) is 1.90. The zero-order valence-corrected chi connectivity index (χ0v) is 9.05. The first kappa shape index (κ1) is 9.81. The van der Waals surface area contributed by atoms with Gasteiger partial charge >= 0.3 is 0 Å². The lowest BCUT2D eigenvalue weighted by atomic mass is 10.2. The van der Waals surface area contributed by atoms with Crippen molar-refractivity contribution in [1.82, 2.24) is 0 Å². The van der Waals surface area contributed by atoms with Crippen molar-refractivity contribution in [3.8, 4) is 5.75 Å². The highest BCUT2D eigenvalue weighted by Gasteiger charge is 2.04. The van der Waals surface area contributed by atoms with E-state index in [0.717, 1.165) is 10.5 Å². The summed E-state index contributed by atoms with van der Waals surface area (Å²) in [6.45, 7) is 1.93. The van der Waals surface area contributed by atoms with E-state index in [4.69, 9.17) is 0 Å². The van der Waals surface area contributed by atoms with Crippen LogP contribution in [0.25, 0.3) is 0 Å². The van der Waals surface area contributed by atoms with Gasteiger partial charge in [-0.25, -0.2) is 0 Å². The maximum Gasteiger partial charge on any atom is 0.132 e.